The lowest BCUT2D eigenvalue weighted by atomic mass is 9.91. The average molecular weight is 354 g/mol. The van der Waals surface area contributed by atoms with Crippen LogP contribution in [0.25, 0.3) is 0 Å². The first-order chi connectivity index (χ1) is 12.4. The maximum Gasteiger partial charge on any atom is 0.290 e. The zero-order valence-corrected chi connectivity index (χ0v) is 14.5. The van der Waals surface area contributed by atoms with Gasteiger partial charge in [-0.1, -0.05) is 38.1 Å². The molecule has 0 radical (unpaired) electrons. The van der Waals surface area contributed by atoms with Gasteiger partial charge in [0.2, 0.25) is 0 Å². The van der Waals surface area contributed by atoms with Crippen LogP contribution in [0.1, 0.15) is 31.0 Å². The standard InChI is InChI=1S/C20H19FN2O3/c1-12(2)18(24)16-17(14-7-3-4-8-15(14)21)23(20(26)19(16)25)11-13-6-5-9-22-10-13/h3-10,12,17,25H,11H2,1-2H3. The van der Waals surface area contributed by atoms with E-state index in [1.54, 1.807) is 44.4 Å². The number of aliphatic hydroxyl groups is 1. The van der Waals surface area contributed by atoms with Gasteiger partial charge >= 0.3 is 0 Å². The molecule has 0 aliphatic carbocycles. The average Bonchev–Trinajstić information content (AvgIpc) is 2.87. The van der Waals surface area contributed by atoms with Crippen LogP contribution in [-0.4, -0.2) is 26.7 Å². The van der Waals surface area contributed by atoms with E-state index in [0.29, 0.717) is 5.56 Å². The van der Waals surface area contributed by atoms with Gasteiger partial charge in [0.05, 0.1) is 11.6 Å². The van der Waals surface area contributed by atoms with Crippen LogP contribution in [0.3, 0.4) is 0 Å². The van der Waals surface area contributed by atoms with Gasteiger partial charge in [0.15, 0.2) is 11.5 Å². The topological polar surface area (TPSA) is 70.5 Å². The Labute approximate surface area is 150 Å². The number of nitrogens with zero attached hydrogens (tertiary/aromatic N) is 2. The SMILES string of the molecule is CC(C)C(=O)C1=C(O)C(=O)N(Cc2cccnc2)C1c1ccccc1F. The highest BCUT2D eigenvalue weighted by molar-refractivity contribution is 6.09. The minimum atomic E-state index is -0.973. The predicted octanol–water partition coefficient (Wildman–Crippen LogP) is 3.34. The highest BCUT2D eigenvalue weighted by Gasteiger charge is 2.44. The highest BCUT2D eigenvalue weighted by Crippen LogP contribution is 2.40. The fourth-order valence-electron chi connectivity index (χ4n) is 3.09. The molecule has 0 saturated carbocycles. The van der Waals surface area contributed by atoms with Crippen LogP contribution < -0.4 is 0 Å². The van der Waals surface area contributed by atoms with E-state index in [-0.39, 0.29) is 23.5 Å². The zero-order chi connectivity index (χ0) is 18.8. The lowest BCUT2D eigenvalue weighted by molar-refractivity contribution is -0.130. The Morgan fingerprint density at radius 1 is 1.27 bits per heavy atom. The molecule has 134 valence electrons. The Hall–Kier alpha value is -3.02. The molecule has 0 bridgehead atoms. The zero-order valence-electron chi connectivity index (χ0n) is 14.5. The van der Waals surface area contributed by atoms with Crippen molar-refractivity contribution in [2.75, 3.05) is 0 Å². The van der Waals surface area contributed by atoms with E-state index in [4.69, 9.17) is 0 Å². The Bertz CT molecular complexity index is 878. The minimum absolute atomic E-state index is 0.0565. The second-order valence-corrected chi connectivity index (χ2v) is 6.50. The van der Waals surface area contributed by atoms with Crippen LogP contribution in [0.5, 0.6) is 0 Å². The van der Waals surface area contributed by atoms with Crippen LogP contribution in [0.2, 0.25) is 0 Å². The van der Waals surface area contributed by atoms with E-state index in [2.05, 4.69) is 4.98 Å². The molecule has 1 N–H and O–H groups in total. The number of benzene rings is 1. The van der Waals surface area contributed by atoms with E-state index >= 15 is 0 Å². The molecule has 0 saturated heterocycles. The lowest BCUT2D eigenvalue weighted by Crippen LogP contribution is -2.31. The number of hydrogen-bond acceptors (Lipinski definition) is 4. The Balaban J connectivity index is 2.11. The molecule has 0 spiro atoms. The number of hydrogen-bond donors (Lipinski definition) is 1. The summed E-state index contributed by atoms with van der Waals surface area (Å²) in [7, 11) is 0. The first-order valence-electron chi connectivity index (χ1n) is 8.33. The van der Waals surface area contributed by atoms with Crippen LogP contribution in [0.15, 0.2) is 60.1 Å². The van der Waals surface area contributed by atoms with Crippen molar-refractivity contribution < 1.29 is 19.1 Å². The number of aliphatic hydroxyl groups excluding tert-OH is 1. The summed E-state index contributed by atoms with van der Waals surface area (Å²) in [5.41, 5.74) is 0.838. The summed E-state index contributed by atoms with van der Waals surface area (Å²) in [6.45, 7) is 3.45. The van der Waals surface area contributed by atoms with Crippen molar-refractivity contribution in [1.82, 2.24) is 9.88 Å². The Morgan fingerprint density at radius 3 is 2.62 bits per heavy atom. The fourth-order valence-corrected chi connectivity index (χ4v) is 3.09. The maximum absolute atomic E-state index is 14.5. The first-order valence-corrected chi connectivity index (χ1v) is 8.33. The van der Waals surface area contributed by atoms with Gasteiger partial charge in [0.1, 0.15) is 5.82 Å². The van der Waals surface area contributed by atoms with Gasteiger partial charge in [-0.25, -0.2) is 4.39 Å². The number of rotatable bonds is 5. The molecule has 2 aromatic rings. The second-order valence-electron chi connectivity index (χ2n) is 6.50. The maximum atomic E-state index is 14.5. The van der Waals surface area contributed by atoms with E-state index in [9.17, 15) is 19.1 Å². The third-order valence-corrected chi connectivity index (χ3v) is 4.37. The number of carbonyl (C=O) groups excluding carboxylic acids is 2. The molecule has 2 heterocycles. The number of Topliss-reactive ketones (excluding diaryl/α,β-unsaturated/α-hetero) is 1. The Morgan fingerprint density at radius 2 is 2.00 bits per heavy atom. The van der Waals surface area contributed by atoms with Crippen molar-refractivity contribution >= 4 is 11.7 Å². The van der Waals surface area contributed by atoms with Crippen LogP contribution in [0.4, 0.5) is 4.39 Å². The largest absolute Gasteiger partial charge is 0.503 e. The molecule has 1 aliphatic rings. The third-order valence-electron chi connectivity index (χ3n) is 4.37. The van der Waals surface area contributed by atoms with Crippen molar-refractivity contribution in [3.8, 4) is 0 Å². The van der Waals surface area contributed by atoms with E-state index < -0.39 is 29.4 Å². The molecular formula is C20H19FN2O3. The quantitative estimate of drug-likeness (QED) is 0.894. The van der Waals surface area contributed by atoms with Gasteiger partial charge in [-0.3, -0.25) is 14.6 Å². The fraction of sp³-hybridized carbons (Fsp3) is 0.250. The summed E-state index contributed by atoms with van der Waals surface area (Å²) < 4.78 is 14.5. The number of halogens is 1. The molecule has 1 aromatic carbocycles. The molecule has 1 amide bonds. The molecule has 1 unspecified atom stereocenters. The van der Waals surface area contributed by atoms with Gasteiger partial charge in [0.25, 0.3) is 5.91 Å². The van der Waals surface area contributed by atoms with Crippen LogP contribution >= 0.6 is 0 Å². The van der Waals surface area contributed by atoms with E-state index in [0.717, 1.165) is 0 Å². The van der Waals surface area contributed by atoms with Crippen LogP contribution in [0, 0.1) is 11.7 Å². The van der Waals surface area contributed by atoms with E-state index in [1.807, 2.05) is 0 Å². The number of ketones is 1. The summed E-state index contributed by atoms with van der Waals surface area (Å²) in [5.74, 6) is -2.65. The lowest BCUT2D eigenvalue weighted by Gasteiger charge is -2.27. The molecule has 1 atom stereocenters. The van der Waals surface area contributed by atoms with Crippen molar-refractivity contribution in [3.05, 3.63) is 77.1 Å². The van der Waals surface area contributed by atoms with Gasteiger partial charge in [-0.15, -0.1) is 0 Å². The summed E-state index contributed by atoms with van der Waals surface area (Å²) in [4.78, 5) is 30.6. The van der Waals surface area contributed by atoms with Gasteiger partial charge in [-0.05, 0) is 17.7 Å². The van der Waals surface area contributed by atoms with Crippen molar-refractivity contribution in [2.24, 2.45) is 5.92 Å². The highest BCUT2D eigenvalue weighted by atomic mass is 19.1. The summed E-state index contributed by atoms with van der Waals surface area (Å²) in [6, 6.07) is 8.50. The Kier molecular flexibility index (Phi) is 4.84. The first kappa shape index (κ1) is 17.8. The summed E-state index contributed by atoms with van der Waals surface area (Å²) >= 11 is 0. The predicted molar refractivity (Wildman–Crippen MR) is 93.4 cm³/mol. The molecular weight excluding hydrogens is 335 g/mol. The van der Waals surface area contributed by atoms with E-state index in [1.165, 1.54) is 23.1 Å². The molecule has 26 heavy (non-hydrogen) atoms. The molecule has 1 aliphatic heterocycles. The third kappa shape index (κ3) is 3.10. The van der Waals surface area contributed by atoms with Gasteiger partial charge in [0, 0.05) is 30.4 Å². The normalized spacial score (nSPS) is 17.3. The number of carbonyl (C=O) groups is 2. The summed E-state index contributed by atoms with van der Waals surface area (Å²) in [5, 5.41) is 10.4. The number of pyridine rings is 1. The van der Waals surface area contributed by atoms with Crippen molar-refractivity contribution in [1.29, 1.82) is 0 Å². The number of aromatic nitrogens is 1. The van der Waals surface area contributed by atoms with Crippen LogP contribution in [-0.2, 0) is 16.1 Å². The van der Waals surface area contributed by atoms with Crippen molar-refractivity contribution in [3.63, 3.8) is 0 Å². The molecule has 6 heteroatoms. The van der Waals surface area contributed by atoms with Gasteiger partial charge in [-0.2, -0.15) is 0 Å². The molecule has 5 nitrogen and oxygen atoms in total. The number of amides is 1. The summed E-state index contributed by atoms with van der Waals surface area (Å²) in [6.07, 6.45) is 3.19. The van der Waals surface area contributed by atoms with Gasteiger partial charge < -0.3 is 10.0 Å². The molecule has 1 aromatic heterocycles. The molecule has 3 rings (SSSR count). The smallest absolute Gasteiger partial charge is 0.290 e. The minimum Gasteiger partial charge on any atom is -0.503 e. The molecule has 0 fully saturated rings. The monoisotopic (exact) mass is 354 g/mol. The van der Waals surface area contributed by atoms with Crippen molar-refractivity contribution in [2.45, 2.75) is 26.4 Å². The second kappa shape index (κ2) is 7.07.